The number of nitrogens with zero attached hydrogens (tertiary/aromatic N) is 4. The first-order chi connectivity index (χ1) is 27.7. The summed E-state index contributed by atoms with van der Waals surface area (Å²) in [6.45, 7) is 0. The van der Waals surface area contributed by atoms with Crippen LogP contribution in [0.25, 0.3) is 56.1 Å². The van der Waals surface area contributed by atoms with Gasteiger partial charge in [0.25, 0.3) is 0 Å². The topological polar surface area (TPSA) is 71.7 Å². The first-order valence-electron chi connectivity index (χ1n) is 18.6. The SMILES string of the molecule is N#Cc1ccc(-c2ccc(-c3nc(-c4ccc5c(c4)C(c4ccccc4)(c4ccccc4)c4ccccc4O5)nc(-c4cccc5ccccc45)n3)cc2)cc1. The average Bonchev–Trinajstić information content (AvgIpc) is 3.28. The Balaban J connectivity index is 1.19. The molecule has 10 rings (SSSR count). The molecule has 0 amide bonds. The second kappa shape index (κ2) is 13.6. The fourth-order valence-corrected chi connectivity index (χ4v) is 8.07. The van der Waals surface area contributed by atoms with Crippen molar-refractivity contribution in [1.29, 1.82) is 5.26 Å². The fraction of sp³-hybridized carbons (Fsp3) is 0.0196. The van der Waals surface area contributed by atoms with Gasteiger partial charge in [-0.25, -0.2) is 15.0 Å². The Hall–Kier alpha value is -7.68. The maximum Gasteiger partial charge on any atom is 0.164 e. The highest BCUT2D eigenvalue weighted by atomic mass is 16.5. The standard InChI is InChI=1S/C51H32N4O/c52-33-34-22-24-35(25-23-34)36-26-28-38(29-27-36)48-53-49(55-50(54-48)43-19-11-13-37-12-7-8-18-42(37)43)39-30-31-47-45(32-39)51(40-14-3-1-4-15-40,41-16-5-2-6-17-41)44-20-9-10-21-46(44)56-47/h1-32H. The van der Waals surface area contributed by atoms with Crippen molar-refractivity contribution in [3.63, 3.8) is 0 Å². The molecular weight excluding hydrogens is 685 g/mol. The van der Waals surface area contributed by atoms with Crippen molar-refractivity contribution in [2.45, 2.75) is 5.41 Å². The molecule has 0 atom stereocenters. The van der Waals surface area contributed by atoms with Crippen LogP contribution in [0.5, 0.6) is 11.5 Å². The molecule has 2 heterocycles. The third-order valence-electron chi connectivity index (χ3n) is 10.7. The van der Waals surface area contributed by atoms with E-state index in [1.54, 1.807) is 0 Å². The van der Waals surface area contributed by atoms with Crippen molar-refractivity contribution >= 4 is 10.8 Å². The lowest BCUT2D eigenvalue weighted by molar-refractivity contribution is 0.434. The first-order valence-corrected chi connectivity index (χ1v) is 18.6. The number of fused-ring (bicyclic) bond motifs is 3. The van der Waals surface area contributed by atoms with Gasteiger partial charge in [0.2, 0.25) is 0 Å². The first kappa shape index (κ1) is 32.9. The van der Waals surface area contributed by atoms with E-state index in [0.29, 0.717) is 23.0 Å². The summed E-state index contributed by atoms with van der Waals surface area (Å²) in [7, 11) is 0. The molecule has 0 aliphatic carbocycles. The van der Waals surface area contributed by atoms with Gasteiger partial charge in [0.05, 0.1) is 17.0 Å². The minimum atomic E-state index is -0.682. The Morgan fingerprint density at radius 2 is 0.964 bits per heavy atom. The molecule has 0 fully saturated rings. The summed E-state index contributed by atoms with van der Waals surface area (Å²) in [6.07, 6.45) is 0. The van der Waals surface area contributed by atoms with Crippen LogP contribution in [-0.4, -0.2) is 15.0 Å². The Morgan fingerprint density at radius 1 is 0.429 bits per heavy atom. The van der Waals surface area contributed by atoms with Crippen LogP contribution in [0.15, 0.2) is 194 Å². The minimum Gasteiger partial charge on any atom is -0.457 e. The molecule has 0 N–H and O–H groups in total. The molecule has 1 aliphatic heterocycles. The van der Waals surface area contributed by atoms with Gasteiger partial charge in [0.15, 0.2) is 17.5 Å². The molecule has 8 aromatic carbocycles. The zero-order valence-corrected chi connectivity index (χ0v) is 30.2. The van der Waals surface area contributed by atoms with Crippen LogP contribution in [0.3, 0.4) is 0 Å². The summed E-state index contributed by atoms with van der Waals surface area (Å²) in [4.78, 5) is 15.6. The largest absolute Gasteiger partial charge is 0.457 e. The van der Waals surface area contributed by atoms with Gasteiger partial charge in [0.1, 0.15) is 11.5 Å². The highest BCUT2D eigenvalue weighted by Crippen LogP contribution is 2.55. The zero-order chi connectivity index (χ0) is 37.5. The number of hydrogen-bond acceptors (Lipinski definition) is 5. The minimum absolute atomic E-state index is 0.561. The number of hydrogen-bond donors (Lipinski definition) is 0. The monoisotopic (exact) mass is 716 g/mol. The van der Waals surface area contributed by atoms with Crippen LogP contribution in [0.2, 0.25) is 0 Å². The molecule has 0 saturated heterocycles. The molecule has 262 valence electrons. The molecule has 5 heteroatoms. The van der Waals surface area contributed by atoms with Crippen molar-refractivity contribution in [2.75, 3.05) is 0 Å². The molecule has 0 unspecified atom stereocenters. The lowest BCUT2D eigenvalue weighted by atomic mass is 9.63. The molecule has 0 saturated carbocycles. The Bertz CT molecular complexity index is 2890. The number of benzene rings is 8. The molecular formula is C51H32N4O. The van der Waals surface area contributed by atoms with E-state index in [2.05, 4.69) is 133 Å². The molecule has 1 aromatic heterocycles. The summed E-state index contributed by atoms with van der Waals surface area (Å²) in [6, 6.07) is 68.5. The van der Waals surface area contributed by atoms with E-state index in [1.807, 2.05) is 66.7 Å². The lowest BCUT2D eigenvalue weighted by Crippen LogP contribution is -2.34. The smallest absolute Gasteiger partial charge is 0.164 e. The maximum atomic E-state index is 9.28. The van der Waals surface area contributed by atoms with E-state index < -0.39 is 5.41 Å². The predicted octanol–water partition coefficient (Wildman–Crippen LogP) is 12.1. The molecule has 1 aliphatic rings. The van der Waals surface area contributed by atoms with Gasteiger partial charge >= 0.3 is 0 Å². The maximum absolute atomic E-state index is 9.28. The third-order valence-corrected chi connectivity index (χ3v) is 10.7. The molecule has 0 spiro atoms. The number of rotatable bonds is 6. The van der Waals surface area contributed by atoms with Gasteiger partial charge in [-0.1, -0.05) is 158 Å². The molecule has 56 heavy (non-hydrogen) atoms. The second-order valence-corrected chi connectivity index (χ2v) is 13.9. The molecule has 9 aromatic rings. The van der Waals surface area contributed by atoms with E-state index in [4.69, 9.17) is 19.7 Å². The van der Waals surface area contributed by atoms with Gasteiger partial charge < -0.3 is 4.74 Å². The van der Waals surface area contributed by atoms with E-state index in [0.717, 1.165) is 72.3 Å². The number of nitriles is 1. The normalized spacial score (nSPS) is 12.6. The van der Waals surface area contributed by atoms with Crippen molar-refractivity contribution in [1.82, 2.24) is 15.0 Å². The van der Waals surface area contributed by atoms with Crippen molar-refractivity contribution < 1.29 is 4.74 Å². The van der Waals surface area contributed by atoms with Crippen molar-refractivity contribution in [3.8, 4) is 62.9 Å². The van der Waals surface area contributed by atoms with Crippen LogP contribution in [0.1, 0.15) is 27.8 Å². The van der Waals surface area contributed by atoms with Gasteiger partial charge in [-0.3, -0.25) is 0 Å². The fourth-order valence-electron chi connectivity index (χ4n) is 8.07. The summed E-state index contributed by atoms with van der Waals surface area (Å²) in [5.41, 5.74) is 9.00. The van der Waals surface area contributed by atoms with Crippen LogP contribution in [0.4, 0.5) is 0 Å². The number of ether oxygens (including phenoxy) is 1. The predicted molar refractivity (Wildman–Crippen MR) is 222 cm³/mol. The third kappa shape index (κ3) is 5.52. The van der Waals surface area contributed by atoms with E-state index in [9.17, 15) is 5.26 Å². The lowest BCUT2D eigenvalue weighted by Gasteiger charge is -2.41. The molecule has 0 radical (unpaired) electrons. The Labute approximate surface area is 324 Å². The Kier molecular flexibility index (Phi) is 8.01. The van der Waals surface area contributed by atoms with Gasteiger partial charge in [-0.15, -0.1) is 0 Å². The van der Waals surface area contributed by atoms with Crippen LogP contribution in [-0.2, 0) is 5.41 Å². The molecule has 0 bridgehead atoms. The molecule has 5 nitrogen and oxygen atoms in total. The zero-order valence-electron chi connectivity index (χ0n) is 30.2. The average molecular weight is 717 g/mol. The van der Waals surface area contributed by atoms with Gasteiger partial charge in [-0.2, -0.15) is 5.26 Å². The highest BCUT2D eigenvalue weighted by Gasteiger charge is 2.45. The summed E-state index contributed by atoms with van der Waals surface area (Å²) in [5, 5.41) is 11.5. The van der Waals surface area contributed by atoms with E-state index >= 15 is 0 Å². The summed E-state index contributed by atoms with van der Waals surface area (Å²) >= 11 is 0. The summed E-state index contributed by atoms with van der Waals surface area (Å²) in [5.74, 6) is 3.33. The van der Waals surface area contributed by atoms with Crippen LogP contribution < -0.4 is 4.74 Å². The van der Waals surface area contributed by atoms with Gasteiger partial charge in [0, 0.05) is 27.8 Å². The van der Waals surface area contributed by atoms with E-state index in [-0.39, 0.29) is 0 Å². The number of para-hydroxylation sites is 1. The Morgan fingerprint density at radius 3 is 1.68 bits per heavy atom. The quantitative estimate of drug-likeness (QED) is 0.171. The van der Waals surface area contributed by atoms with Crippen molar-refractivity contribution in [3.05, 3.63) is 222 Å². The second-order valence-electron chi connectivity index (χ2n) is 13.9. The number of aromatic nitrogens is 3. The van der Waals surface area contributed by atoms with Gasteiger partial charge in [-0.05, 0) is 69.4 Å². The van der Waals surface area contributed by atoms with Crippen molar-refractivity contribution in [2.24, 2.45) is 0 Å². The van der Waals surface area contributed by atoms with Crippen LogP contribution >= 0.6 is 0 Å². The summed E-state index contributed by atoms with van der Waals surface area (Å²) < 4.78 is 6.69. The highest BCUT2D eigenvalue weighted by molar-refractivity contribution is 5.95. The van der Waals surface area contributed by atoms with E-state index in [1.165, 1.54) is 0 Å². The van der Waals surface area contributed by atoms with Crippen LogP contribution in [0, 0.1) is 11.3 Å².